The lowest BCUT2D eigenvalue weighted by atomic mass is 10.0. The molecule has 1 fully saturated rings. The van der Waals surface area contributed by atoms with Gasteiger partial charge in [-0.1, -0.05) is 6.42 Å². The number of carbonyl (C=O) groups is 1. The number of ether oxygens (including phenoxy) is 1. The lowest BCUT2D eigenvalue weighted by Crippen LogP contribution is -2.43. The van der Waals surface area contributed by atoms with Gasteiger partial charge in [-0.3, -0.25) is 9.20 Å². The Morgan fingerprint density at radius 3 is 2.86 bits per heavy atom. The fourth-order valence-corrected chi connectivity index (χ4v) is 4.59. The number of aryl methyl sites for hydroxylation is 1. The molecule has 1 saturated heterocycles. The molecule has 3 heterocycles. The van der Waals surface area contributed by atoms with Gasteiger partial charge in [-0.05, 0) is 68.3 Å². The predicted octanol–water partition coefficient (Wildman–Crippen LogP) is 4.47. The molecule has 2 aromatic carbocycles. The molecule has 1 atom stereocenters. The number of nitrogens with one attached hydrogen (secondary N) is 3. The molecule has 2 aromatic heterocycles. The van der Waals surface area contributed by atoms with Gasteiger partial charge in [0.25, 0.3) is 5.91 Å². The minimum atomic E-state index is -0.438. The summed E-state index contributed by atoms with van der Waals surface area (Å²) >= 11 is 0. The van der Waals surface area contributed by atoms with Crippen molar-refractivity contribution in [1.29, 1.82) is 0 Å². The summed E-state index contributed by atoms with van der Waals surface area (Å²) in [7, 11) is 1.44. The molecule has 0 radical (unpaired) electrons. The predicted molar refractivity (Wildman–Crippen MR) is 137 cm³/mol. The van der Waals surface area contributed by atoms with Crippen molar-refractivity contribution >= 4 is 23.1 Å². The Balaban J connectivity index is 1.33. The van der Waals surface area contributed by atoms with Crippen LogP contribution in [0, 0.1) is 12.7 Å². The van der Waals surface area contributed by atoms with E-state index in [1.54, 1.807) is 30.7 Å². The molecule has 1 amide bonds. The zero-order chi connectivity index (χ0) is 25.1. The first-order chi connectivity index (χ1) is 17.5. The Hall–Kier alpha value is -3.98. The first-order valence-corrected chi connectivity index (χ1v) is 12.1. The standard InChI is InChI=1S/C27H29FN6O2/c1-17-13-19(7-8-21(17)27(35)32-15-20-5-3-4-10-29-20)33-25-26-31-16-23(34(26)12-11-30-25)18-6-9-24(36-2)22(28)14-18/h6-9,11-14,16,20,29H,3-5,10,15H2,1-2H3,(H,30,33)(H,32,35). The molecule has 1 aliphatic rings. The second-order valence-electron chi connectivity index (χ2n) is 8.97. The number of rotatable bonds is 7. The van der Waals surface area contributed by atoms with Crippen LogP contribution < -0.4 is 20.7 Å². The van der Waals surface area contributed by atoms with Crippen LogP contribution in [0.5, 0.6) is 5.75 Å². The van der Waals surface area contributed by atoms with Crippen LogP contribution in [-0.2, 0) is 0 Å². The number of carbonyl (C=O) groups excluding carboxylic acids is 1. The normalized spacial score (nSPS) is 15.6. The highest BCUT2D eigenvalue weighted by Gasteiger charge is 2.16. The second-order valence-corrected chi connectivity index (χ2v) is 8.97. The average molecular weight is 489 g/mol. The highest BCUT2D eigenvalue weighted by molar-refractivity contribution is 5.96. The Morgan fingerprint density at radius 2 is 2.11 bits per heavy atom. The fourth-order valence-electron chi connectivity index (χ4n) is 4.59. The fraction of sp³-hybridized carbons (Fsp3) is 0.296. The van der Waals surface area contributed by atoms with Gasteiger partial charge < -0.3 is 20.7 Å². The first-order valence-electron chi connectivity index (χ1n) is 12.1. The van der Waals surface area contributed by atoms with E-state index in [-0.39, 0.29) is 11.7 Å². The van der Waals surface area contributed by atoms with Gasteiger partial charge in [0.05, 0.1) is 19.0 Å². The maximum absolute atomic E-state index is 14.3. The minimum absolute atomic E-state index is 0.0729. The van der Waals surface area contributed by atoms with E-state index in [4.69, 9.17) is 4.74 Å². The molecule has 3 N–H and O–H groups in total. The van der Waals surface area contributed by atoms with Gasteiger partial charge >= 0.3 is 0 Å². The molecule has 4 aromatic rings. The molecule has 0 bridgehead atoms. The van der Waals surface area contributed by atoms with Crippen molar-refractivity contribution in [3.63, 3.8) is 0 Å². The molecule has 0 aliphatic carbocycles. The lowest BCUT2D eigenvalue weighted by Gasteiger charge is -2.23. The number of amides is 1. The quantitative estimate of drug-likeness (QED) is 0.356. The first kappa shape index (κ1) is 23.7. The van der Waals surface area contributed by atoms with E-state index >= 15 is 0 Å². The van der Waals surface area contributed by atoms with Crippen LogP contribution in [0.3, 0.4) is 0 Å². The molecule has 1 unspecified atom stereocenters. The number of nitrogens with zero attached hydrogens (tertiary/aromatic N) is 3. The van der Waals surface area contributed by atoms with Crippen LogP contribution in [0.4, 0.5) is 15.9 Å². The van der Waals surface area contributed by atoms with Gasteiger partial charge in [0.15, 0.2) is 23.0 Å². The number of fused-ring (bicyclic) bond motifs is 1. The van der Waals surface area contributed by atoms with E-state index in [9.17, 15) is 9.18 Å². The van der Waals surface area contributed by atoms with Crippen molar-refractivity contribution in [2.24, 2.45) is 0 Å². The zero-order valence-electron chi connectivity index (χ0n) is 20.3. The van der Waals surface area contributed by atoms with Crippen LogP contribution >= 0.6 is 0 Å². The number of piperidine rings is 1. The van der Waals surface area contributed by atoms with Crippen molar-refractivity contribution in [2.75, 3.05) is 25.5 Å². The van der Waals surface area contributed by atoms with Crippen molar-refractivity contribution < 1.29 is 13.9 Å². The largest absolute Gasteiger partial charge is 0.494 e. The van der Waals surface area contributed by atoms with Gasteiger partial charge in [-0.15, -0.1) is 0 Å². The molecule has 1 aliphatic heterocycles. The molecular weight excluding hydrogens is 459 g/mol. The van der Waals surface area contributed by atoms with Crippen LogP contribution in [-0.4, -0.2) is 46.5 Å². The number of imidazole rings is 1. The molecule has 5 rings (SSSR count). The van der Waals surface area contributed by atoms with Gasteiger partial charge in [0.1, 0.15) is 0 Å². The summed E-state index contributed by atoms with van der Waals surface area (Å²) in [4.78, 5) is 21.7. The lowest BCUT2D eigenvalue weighted by molar-refractivity contribution is 0.0947. The molecular formula is C27H29FN6O2. The third-order valence-electron chi connectivity index (χ3n) is 6.53. The summed E-state index contributed by atoms with van der Waals surface area (Å²) in [6.07, 6.45) is 8.61. The highest BCUT2D eigenvalue weighted by Crippen LogP contribution is 2.28. The molecule has 9 heteroatoms. The van der Waals surface area contributed by atoms with E-state index in [0.29, 0.717) is 35.2 Å². The Morgan fingerprint density at radius 1 is 1.22 bits per heavy atom. The third-order valence-corrected chi connectivity index (χ3v) is 6.53. The number of anilines is 2. The molecule has 36 heavy (non-hydrogen) atoms. The third kappa shape index (κ3) is 4.87. The van der Waals surface area contributed by atoms with E-state index in [1.165, 1.54) is 26.0 Å². The number of hydrogen-bond acceptors (Lipinski definition) is 6. The smallest absolute Gasteiger partial charge is 0.251 e. The van der Waals surface area contributed by atoms with Gasteiger partial charge in [0.2, 0.25) is 0 Å². The second kappa shape index (κ2) is 10.3. The summed E-state index contributed by atoms with van der Waals surface area (Å²) < 4.78 is 21.1. The summed E-state index contributed by atoms with van der Waals surface area (Å²) in [5.74, 6) is 0.232. The maximum Gasteiger partial charge on any atom is 0.251 e. The molecule has 8 nitrogen and oxygen atoms in total. The van der Waals surface area contributed by atoms with Crippen molar-refractivity contribution in [1.82, 2.24) is 25.0 Å². The van der Waals surface area contributed by atoms with Gasteiger partial charge in [0, 0.05) is 41.8 Å². The van der Waals surface area contributed by atoms with Crippen LogP contribution in [0.15, 0.2) is 55.0 Å². The summed E-state index contributed by atoms with van der Waals surface area (Å²) in [5, 5.41) is 9.80. The number of aromatic nitrogens is 3. The maximum atomic E-state index is 14.3. The number of benzene rings is 2. The Labute approximate surface area is 208 Å². The molecule has 186 valence electrons. The summed E-state index contributed by atoms with van der Waals surface area (Å²) in [6, 6.07) is 10.7. The van der Waals surface area contributed by atoms with E-state index in [1.807, 2.05) is 29.5 Å². The Kier molecular flexibility index (Phi) is 6.81. The average Bonchev–Trinajstić information content (AvgIpc) is 3.33. The summed E-state index contributed by atoms with van der Waals surface area (Å²) in [6.45, 7) is 3.55. The van der Waals surface area contributed by atoms with Gasteiger partial charge in [-0.2, -0.15) is 0 Å². The summed E-state index contributed by atoms with van der Waals surface area (Å²) in [5.41, 5.74) is 4.30. The van der Waals surface area contributed by atoms with E-state index < -0.39 is 5.82 Å². The van der Waals surface area contributed by atoms with Gasteiger partial charge in [-0.25, -0.2) is 14.4 Å². The number of hydrogen-bond donors (Lipinski definition) is 3. The van der Waals surface area contributed by atoms with Crippen LogP contribution in [0.25, 0.3) is 16.9 Å². The van der Waals surface area contributed by atoms with Crippen molar-refractivity contribution in [3.05, 3.63) is 71.9 Å². The number of methoxy groups -OCH3 is 1. The number of halogens is 1. The van der Waals surface area contributed by atoms with Crippen molar-refractivity contribution in [2.45, 2.75) is 32.2 Å². The minimum Gasteiger partial charge on any atom is -0.494 e. The van der Waals surface area contributed by atoms with E-state index in [0.717, 1.165) is 29.9 Å². The monoisotopic (exact) mass is 488 g/mol. The van der Waals surface area contributed by atoms with Crippen molar-refractivity contribution in [3.8, 4) is 17.0 Å². The van der Waals surface area contributed by atoms with Crippen LogP contribution in [0.1, 0.15) is 35.2 Å². The molecule has 0 spiro atoms. The SMILES string of the molecule is COc1ccc(-c2cnc3c(Nc4ccc(C(=O)NCC5CCCCN5)c(C)c4)nccn23)cc1F. The zero-order valence-corrected chi connectivity index (χ0v) is 20.3. The van der Waals surface area contributed by atoms with Crippen LogP contribution in [0.2, 0.25) is 0 Å². The topological polar surface area (TPSA) is 92.6 Å². The Bertz CT molecular complexity index is 1400. The highest BCUT2D eigenvalue weighted by atomic mass is 19.1. The molecule has 0 saturated carbocycles. The van der Waals surface area contributed by atoms with E-state index in [2.05, 4.69) is 25.9 Å².